The van der Waals surface area contributed by atoms with E-state index in [9.17, 15) is 9.59 Å². The normalized spacial score (nSPS) is 9.47. The number of carbonyl (C=O) groups is 2. The molecule has 5 heteroatoms. The van der Waals surface area contributed by atoms with Crippen LogP contribution in [0.5, 0.6) is 0 Å². The Kier molecular flexibility index (Phi) is 4.54. The first-order chi connectivity index (χ1) is 7.13. The van der Waals surface area contributed by atoms with E-state index >= 15 is 0 Å². The van der Waals surface area contributed by atoms with Crippen molar-refractivity contribution in [3.63, 3.8) is 0 Å². The SMILES string of the molecule is COC(=O)CNC(=O)c1cccc(I)c1. The molecule has 0 unspecified atom stereocenters. The quantitative estimate of drug-likeness (QED) is 0.673. The van der Waals surface area contributed by atoms with Crippen LogP contribution in [0.3, 0.4) is 0 Å². The van der Waals surface area contributed by atoms with Gasteiger partial charge in [-0.1, -0.05) is 6.07 Å². The zero-order chi connectivity index (χ0) is 11.3. The third kappa shape index (κ3) is 3.86. The summed E-state index contributed by atoms with van der Waals surface area (Å²) in [5.74, 6) is -0.743. The summed E-state index contributed by atoms with van der Waals surface area (Å²) >= 11 is 2.12. The van der Waals surface area contributed by atoms with Crippen LogP contribution < -0.4 is 5.32 Å². The van der Waals surface area contributed by atoms with Crippen molar-refractivity contribution in [3.05, 3.63) is 33.4 Å². The Bertz CT molecular complexity index is 379. The number of rotatable bonds is 3. The highest BCUT2D eigenvalue weighted by Crippen LogP contribution is 2.07. The first-order valence-electron chi connectivity index (χ1n) is 4.24. The predicted octanol–water partition coefficient (Wildman–Crippen LogP) is 1.19. The molecule has 1 N–H and O–H groups in total. The van der Waals surface area contributed by atoms with Gasteiger partial charge in [-0.15, -0.1) is 0 Å². The minimum atomic E-state index is -0.464. The van der Waals surface area contributed by atoms with Gasteiger partial charge in [0.05, 0.1) is 7.11 Å². The summed E-state index contributed by atoms with van der Waals surface area (Å²) in [7, 11) is 1.28. The number of halogens is 1. The fraction of sp³-hybridized carbons (Fsp3) is 0.200. The Hall–Kier alpha value is -1.11. The zero-order valence-corrected chi connectivity index (χ0v) is 10.3. The monoisotopic (exact) mass is 319 g/mol. The fourth-order valence-electron chi connectivity index (χ4n) is 0.956. The largest absolute Gasteiger partial charge is 0.468 e. The van der Waals surface area contributed by atoms with Crippen molar-refractivity contribution in [1.29, 1.82) is 0 Å². The standard InChI is InChI=1S/C10H10INO3/c1-15-9(13)6-12-10(14)7-3-2-4-8(11)5-7/h2-5H,6H2,1H3,(H,12,14). The first-order valence-corrected chi connectivity index (χ1v) is 5.32. The molecule has 1 rings (SSSR count). The molecule has 15 heavy (non-hydrogen) atoms. The highest BCUT2D eigenvalue weighted by atomic mass is 127. The second-order valence-electron chi connectivity index (χ2n) is 2.77. The highest BCUT2D eigenvalue weighted by molar-refractivity contribution is 14.1. The van der Waals surface area contributed by atoms with Crippen molar-refractivity contribution < 1.29 is 14.3 Å². The van der Waals surface area contributed by atoms with Crippen molar-refractivity contribution in [2.45, 2.75) is 0 Å². The number of ether oxygens (including phenoxy) is 1. The molecular formula is C10H10INO3. The van der Waals surface area contributed by atoms with Gasteiger partial charge in [-0.25, -0.2) is 0 Å². The van der Waals surface area contributed by atoms with Gasteiger partial charge in [0, 0.05) is 9.13 Å². The van der Waals surface area contributed by atoms with Crippen LogP contribution in [-0.4, -0.2) is 25.5 Å². The average molecular weight is 319 g/mol. The summed E-state index contributed by atoms with van der Waals surface area (Å²) in [4.78, 5) is 22.3. The van der Waals surface area contributed by atoms with E-state index in [1.165, 1.54) is 7.11 Å². The summed E-state index contributed by atoms with van der Waals surface area (Å²) in [5, 5.41) is 2.46. The molecule has 0 bridgehead atoms. The molecule has 0 heterocycles. The van der Waals surface area contributed by atoms with Gasteiger partial charge in [-0.2, -0.15) is 0 Å². The van der Waals surface area contributed by atoms with Gasteiger partial charge in [-0.05, 0) is 40.8 Å². The van der Waals surface area contributed by atoms with Gasteiger partial charge in [0.25, 0.3) is 5.91 Å². The smallest absolute Gasteiger partial charge is 0.325 e. The third-order valence-electron chi connectivity index (χ3n) is 1.71. The lowest BCUT2D eigenvalue weighted by Crippen LogP contribution is -2.30. The molecule has 4 nitrogen and oxygen atoms in total. The molecule has 0 fully saturated rings. The summed E-state index contributed by atoms with van der Waals surface area (Å²) in [5.41, 5.74) is 0.533. The molecule has 0 aromatic heterocycles. The first kappa shape index (κ1) is 12.0. The van der Waals surface area contributed by atoms with Gasteiger partial charge < -0.3 is 10.1 Å². The lowest BCUT2D eigenvalue weighted by atomic mass is 10.2. The molecule has 0 saturated carbocycles. The van der Waals surface area contributed by atoms with Crippen LogP contribution in [0.1, 0.15) is 10.4 Å². The maximum absolute atomic E-state index is 11.5. The van der Waals surface area contributed by atoms with Crippen LogP contribution >= 0.6 is 22.6 Å². The zero-order valence-electron chi connectivity index (χ0n) is 8.12. The van der Waals surface area contributed by atoms with E-state index in [2.05, 4.69) is 32.6 Å². The maximum Gasteiger partial charge on any atom is 0.325 e. The maximum atomic E-state index is 11.5. The summed E-state index contributed by atoms with van der Waals surface area (Å²) in [6.07, 6.45) is 0. The molecule has 1 aromatic rings. The summed E-state index contributed by atoms with van der Waals surface area (Å²) in [6, 6.07) is 7.11. The molecule has 80 valence electrons. The van der Waals surface area contributed by atoms with Crippen LogP contribution in [-0.2, 0) is 9.53 Å². The summed E-state index contributed by atoms with van der Waals surface area (Å²) in [6.45, 7) is -0.110. The fourth-order valence-corrected chi connectivity index (χ4v) is 1.50. The lowest BCUT2D eigenvalue weighted by Gasteiger charge is -2.03. The van der Waals surface area contributed by atoms with E-state index in [4.69, 9.17) is 0 Å². The number of benzene rings is 1. The van der Waals surface area contributed by atoms with Crippen LogP contribution in [0.2, 0.25) is 0 Å². The topological polar surface area (TPSA) is 55.4 Å². The van der Waals surface area contributed by atoms with E-state index in [0.29, 0.717) is 5.56 Å². The van der Waals surface area contributed by atoms with Crippen LogP contribution in [0, 0.1) is 3.57 Å². The van der Waals surface area contributed by atoms with Crippen molar-refractivity contribution in [1.82, 2.24) is 5.32 Å². The Labute approximate surface area is 101 Å². The Morgan fingerprint density at radius 1 is 1.47 bits per heavy atom. The molecule has 0 spiro atoms. The second kappa shape index (κ2) is 5.69. The Morgan fingerprint density at radius 2 is 2.20 bits per heavy atom. The Balaban J connectivity index is 2.58. The number of esters is 1. The second-order valence-corrected chi connectivity index (χ2v) is 4.01. The minimum Gasteiger partial charge on any atom is -0.468 e. The molecule has 0 radical (unpaired) electrons. The van der Waals surface area contributed by atoms with Crippen molar-refractivity contribution in [3.8, 4) is 0 Å². The van der Waals surface area contributed by atoms with Crippen molar-refractivity contribution >= 4 is 34.5 Å². The molecule has 0 saturated heterocycles. The van der Waals surface area contributed by atoms with Crippen molar-refractivity contribution in [2.24, 2.45) is 0 Å². The highest BCUT2D eigenvalue weighted by Gasteiger charge is 2.07. The van der Waals surface area contributed by atoms with Crippen LogP contribution in [0.4, 0.5) is 0 Å². The minimum absolute atomic E-state index is 0.110. The van der Waals surface area contributed by atoms with E-state index in [1.807, 2.05) is 6.07 Å². The average Bonchev–Trinajstić information content (AvgIpc) is 2.25. The molecular weight excluding hydrogens is 309 g/mol. The summed E-state index contributed by atoms with van der Waals surface area (Å²) < 4.78 is 5.38. The van der Waals surface area contributed by atoms with E-state index in [0.717, 1.165) is 3.57 Å². The van der Waals surface area contributed by atoms with E-state index in [-0.39, 0.29) is 12.5 Å². The van der Waals surface area contributed by atoms with E-state index < -0.39 is 5.97 Å². The molecule has 0 aliphatic carbocycles. The van der Waals surface area contributed by atoms with E-state index in [1.54, 1.807) is 18.2 Å². The molecule has 0 aliphatic rings. The molecule has 0 aliphatic heterocycles. The van der Waals surface area contributed by atoms with Gasteiger partial charge in [0.15, 0.2) is 0 Å². The molecule has 0 atom stereocenters. The number of methoxy groups -OCH3 is 1. The van der Waals surface area contributed by atoms with Gasteiger partial charge in [0.1, 0.15) is 6.54 Å². The Morgan fingerprint density at radius 3 is 2.80 bits per heavy atom. The molecule has 1 aromatic carbocycles. The number of hydrogen-bond acceptors (Lipinski definition) is 3. The van der Waals surface area contributed by atoms with Gasteiger partial charge in [0.2, 0.25) is 0 Å². The lowest BCUT2D eigenvalue weighted by molar-refractivity contribution is -0.139. The van der Waals surface area contributed by atoms with Crippen molar-refractivity contribution in [2.75, 3.05) is 13.7 Å². The van der Waals surface area contributed by atoms with Crippen LogP contribution in [0.25, 0.3) is 0 Å². The van der Waals surface area contributed by atoms with Gasteiger partial charge >= 0.3 is 5.97 Å². The predicted molar refractivity (Wildman–Crippen MR) is 63.5 cm³/mol. The third-order valence-corrected chi connectivity index (χ3v) is 2.38. The number of amides is 1. The number of carbonyl (C=O) groups excluding carboxylic acids is 2. The van der Waals surface area contributed by atoms with Crippen LogP contribution in [0.15, 0.2) is 24.3 Å². The molecule has 1 amide bonds. The number of nitrogens with one attached hydrogen (secondary N) is 1. The number of hydrogen-bond donors (Lipinski definition) is 1. The van der Waals surface area contributed by atoms with Gasteiger partial charge in [-0.3, -0.25) is 9.59 Å².